The van der Waals surface area contributed by atoms with E-state index in [0.29, 0.717) is 13.0 Å². The van der Waals surface area contributed by atoms with Gasteiger partial charge in [-0.1, -0.05) is 12.1 Å². The van der Waals surface area contributed by atoms with E-state index < -0.39 is 11.7 Å². The van der Waals surface area contributed by atoms with Crippen LogP contribution in [0.25, 0.3) is 0 Å². The third-order valence-electron chi connectivity index (χ3n) is 4.80. The normalized spacial score (nSPS) is 22.0. The lowest BCUT2D eigenvalue weighted by molar-refractivity contribution is -0.137. The largest absolute Gasteiger partial charge is 0.416 e. The van der Waals surface area contributed by atoms with Crippen LogP contribution in [0.15, 0.2) is 24.3 Å². The molecule has 1 N–H and O–H groups in total. The van der Waals surface area contributed by atoms with E-state index in [9.17, 15) is 18.0 Å². The topological polar surface area (TPSA) is 32.3 Å². The molecule has 2 fully saturated rings. The van der Waals surface area contributed by atoms with E-state index in [4.69, 9.17) is 0 Å². The maximum atomic E-state index is 12.5. The molecule has 6 heteroatoms. The molecular weight excluding hydrogens is 293 g/mol. The van der Waals surface area contributed by atoms with Crippen molar-refractivity contribution in [3.63, 3.8) is 0 Å². The molecule has 22 heavy (non-hydrogen) atoms. The van der Waals surface area contributed by atoms with E-state index in [1.54, 1.807) is 12.1 Å². The second-order valence-corrected chi connectivity index (χ2v) is 6.42. The summed E-state index contributed by atoms with van der Waals surface area (Å²) in [5.41, 5.74) is 0.391. The van der Waals surface area contributed by atoms with Gasteiger partial charge in [-0.05, 0) is 49.0 Å². The van der Waals surface area contributed by atoms with E-state index in [1.807, 2.05) is 0 Å². The van der Waals surface area contributed by atoms with Gasteiger partial charge in [-0.2, -0.15) is 13.2 Å². The molecule has 0 bridgehead atoms. The van der Waals surface area contributed by atoms with Gasteiger partial charge >= 0.3 is 6.18 Å². The molecule has 1 amide bonds. The Bertz CT molecular complexity index is 546. The number of likely N-dealkylation sites (tertiary alicyclic amines) is 1. The van der Waals surface area contributed by atoms with Crippen LogP contribution in [0.5, 0.6) is 0 Å². The average molecular weight is 312 g/mol. The van der Waals surface area contributed by atoms with E-state index in [0.717, 1.165) is 50.2 Å². The van der Waals surface area contributed by atoms with Crippen molar-refractivity contribution in [2.75, 3.05) is 19.6 Å². The van der Waals surface area contributed by atoms with Gasteiger partial charge in [0.15, 0.2) is 0 Å². The van der Waals surface area contributed by atoms with Crippen LogP contribution in [0.2, 0.25) is 0 Å². The molecule has 120 valence electrons. The molecule has 2 aliphatic heterocycles. The first-order valence-corrected chi connectivity index (χ1v) is 7.52. The highest BCUT2D eigenvalue weighted by Crippen LogP contribution is 2.37. The van der Waals surface area contributed by atoms with Crippen molar-refractivity contribution in [1.29, 1.82) is 0 Å². The second-order valence-electron chi connectivity index (χ2n) is 6.42. The fourth-order valence-electron chi connectivity index (χ4n) is 3.35. The van der Waals surface area contributed by atoms with Gasteiger partial charge < -0.3 is 5.32 Å². The van der Waals surface area contributed by atoms with Crippen LogP contribution in [0.3, 0.4) is 0 Å². The number of amides is 1. The third kappa shape index (κ3) is 3.27. The van der Waals surface area contributed by atoms with Crippen LogP contribution in [0.4, 0.5) is 13.2 Å². The lowest BCUT2D eigenvalue weighted by Gasteiger charge is -2.38. The molecule has 2 aliphatic rings. The molecule has 2 saturated heterocycles. The summed E-state index contributed by atoms with van der Waals surface area (Å²) in [7, 11) is 0. The Morgan fingerprint density at radius 1 is 1.14 bits per heavy atom. The Kier molecular flexibility index (Phi) is 3.89. The van der Waals surface area contributed by atoms with Gasteiger partial charge in [0.1, 0.15) is 0 Å². The fourth-order valence-corrected chi connectivity index (χ4v) is 3.35. The van der Waals surface area contributed by atoms with Crippen molar-refractivity contribution in [2.24, 2.45) is 5.41 Å². The second kappa shape index (κ2) is 5.57. The van der Waals surface area contributed by atoms with Crippen LogP contribution in [-0.2, 0) is 17.5 Å². The van der Waals surface area contributed by atoms with Gasteiger partial charge in [0.25, 0.3) is 0 Å². The fraction of sp³-hybridized carbons (Fsp3) is 0.562. The highest BCUT2D eigenvalue weighted by atomic mass is 19.4. The Hall–Kier alpha value is -1.56. The molecule has 3 nitrogen and oxygen atoms in total. The number of halogens is 3. The highest BCUT2D eigenvalue weighted by Gasteiger charge is 2.40. The van der Waals surface area contributed by atoms with E-state index in [-0.39, 0.29) is 11.3 Å². The van der Waals surface area contributed by atoms with E-state index >= 15 is 0 Å². The van der Waals surface area contributed by atoms with Gasteiger partial charge in [0.05, 0.1) is 5.56 Å². The van der Waals surface area contributed by atoms with Gasteiger partial charge in [-0.25, -0.2) is 0 Å². The first kappa shape index (κ1) is 15.3. The summed E-state index contributed by atoms with van der Waals surface area (Å²) >= 11 is 0. The Morgan fingerprint density at radius 2 is 1.77 bits per heavy atom. The molecule has 0 radical (unpaired) electrons. The number of carbonyl (C=O) groups is 1. The number of benzene rings is 1. The van der Waals surface area contributed by atoms with Gasteiger partial charge in [-0.3, -0.25) is 9.69 Å². The lowest BCUT2D eigenvalue weighted by Crippen LogP contribution is -2.40. The monoisotopic (exact) mass is 312 g/mol. The standard InChI is InChI=1S/C16H19F3N2O/c17-16(18,19)13-3-1-12(2-4-13)10-21-7-5-15(6-8-21)9-14(22)20-11-15/h1-4H,5-11H2,(H,20,22). The van der Waals surface area contributed by atoms with Crippen LogP contribution in [0, 0.1) is 5.41 Å². The molecular formula is C16H19F3N2O. The molecule has 1 aromatic carbocycles. The molecule has 0 aromatic heterocycles. The molecule has 0 saturated carbocycles. The molecule has 3 rings (SSSR count). The number of rotatable bonds is 2. The molecule has 0 aliphatic carbocycles. The molecule has 1 aromatic rings. The number of nitrogens with zero attached hydrogens (tertiary/aromatic N) is 1. The summed E-state index contributed by atoms with van der Waals surface area (Å²) < 4.78 is 37.6. The SMILES string of the molecule is O=C1CC2(CCN(Cc3ccc(C(F)(F)F)cc3)CC2)CN1. The smallest absolute Gasteiger partial charge is 0.356 e. The summed E-state index contributed by atoms with van der Waals surface area (Å²) in [4.78, 5) is 13.6. The molecule has 1 spiro atoms. The van der Waals surface area contributed by atoms with Gasteiger partial charge in [0, 0.05) is 19.5 Å². The average Bonchev–Trinajstić information content (AvgIpc) is 2.83. The summed E-state index contributed by atoms with van der Waals surface area (Å²) in [5.74, 6) is 0.135. The maximum absolute atomic E-state index is 12.5. The minimum absolute atomic E-state index is 0.105. The first-order valence-electron chi connectivity index (χ1n) is 7.52. The molecule has 2 heterocycles. The number of carbonyl (C=O) groups excluding carboxylic acids is 1. The molecule has 0 unspecified atom stereocenters. The first-order chi connectivity index (χ1) is 10.4. The predicted molar refractivity (Wildman–Crippen MR) is 76.0 cm³/mol. The van der Waals surface area contributed by atoms with Crippen LogP contribution >= 0.6 is 0 Å². The van der Waals surface area contributed by atoms with Crippen LogP contribution < -0.4 is 5.32 Å². The lowest BCUT2D eigenvalue weighted by atomic mass is 9.77. The quantitative estimate of drug-likeness (QED) is 0.911. The Balaban J connectivity index is 1.56. The summed E-state index contributed by atoms with van der Waals surface area (Å²) in [5, 5.41) is 2.90. The number of alkyl halides is 3. The summed E-state index contributed by atoms with van der Waals surface area (Å²) in [6.07, 6.45) is -1.74. The number of hydrogen-bond acceptors (Lipinski definition) is 2. The van der Waals surface area contributed by atoms with Crippen LogP contribution in [0.1, 0.15) is 30.4 Å². The highest BCUT2D eigenvalue weighted by molar-refractivity contribution is 5.79. The maximum Gasteiger partial charge on any atom is 0.416 e. The number of nitrogens with one attached hydrogen (secondary N) is 1. The van der Waals surface area contributed by atoms with Crippen LogP contribution in [-0.4, -0.2) is 30.4 Å². The zero-order valence-electron chi connectivity index (χ0n) is 12.2. The van der Waals surface area contributed by atoms with Crippen molar-refractivity contribution in [3.8, 4) is 0 Å². The number of hydrogen-bond donors (Lipinski definition) is 1. The van der Waals surface area contributed by atoms with Crippen molar-refractivity contribution >= 4 is 5.91 Å². The van der Waals surface area contributed by atoms with Crippen molar-refractivity contribution < 1.29 is 18.0 Å². The minimum atomic E-state index is -4.28. The van der Waals surface area contributed by atoms with E-state index in [2.05, 4.69) is 10.2 Å². The number of piperidine rings is 1. The van der Waals surface area contributed by atoms with Crippen molar-refractivity contribution in [3.05, 3.63) is 35.4 Å². The molecule has 0 atom stereocenters. The summed E-state index contributed by atoms with van der Waals surface area (Å²) in [6, 6.07) is 5.38. The zero-order valence-corrected chi connectivity index (χ0v) is 12.2. The Morgan fingerprint density at radius 3 is 2.27 bits per heavy atom. The Labute approximate surface area is 127 Å². The van der Waals surface area contributed by atoms with Gasteiger partial charge in [-0.15, -0.1) is 0 Å². The minimum Gasteiger partial charge on any atom is -0.356 e. The van der Waals surface area contributed by atoms with Gasteiger partial charge in [0.2, 0.25) is 5.91 Å². The van der Waals surface area contributed by atoms with Crippen molar-refractivity contribution in [2.45, 2.75) is 32.0 Å². The zero-order chi connectivity index (χ0) is 15.8. The van der Waals surface area contributed by atoms with E-state index in [1.165, 1.54) is 0 Å². The predicted octanol–water partition coefficient (Wildman–Crippen LogP) is 2.81. The third-order valence-corrected chi connectivity index (χ3v) is 4.80. The summed E-state index contributed by atoms with van der Waals surface area (Å²) in [6.45, 7) is 3.20. The van der Waals surface area contributed by atoms with Crippen molar-refractivity contribution in [1.82, 2.24) is 10.2 Å².